The predicted octanol–water partition coefficient (Wildman–Crippen LogP) is 3.34. The number of carbonyl (C=O) groups excluding carboxylic acids is 1. The summed E-state index contributed by atoms with van der Waals surface area (Å²) in [6.07, 6.45) is -4.45. The van der Waals surface area contributed by atoms with Crippen molar-refractivity contribution in [2.75, 3.05) is 5.32 Å². The average molecular weight is 325 g/mol. The molecule has 0 fully saturated rings. The van der Waals surface area contributed by atoms with E-state index in [4.69, 9.17) is 16.7 Å². The molecule has 5 nitrogen and oxygen atoms in total. The third-order valence-electron chi connectivity index (χ3n) is 2.55. The highest BCUT2D eigenvalue weighted by Gasteiger charge is 2.31. The Labute approximate surface area is 123 Å². The van der Waals surface area contributed by atoms with Gasteiger partial charge in [-0.3, -0.25) is 0 Å². The van der Waals surface area contributed by atoms with Crippen molar-refractivity contribution in [3.63, 3.8) is 0 Å². The van der Waals surface area contributed by atoms with E-state index in [1.165, 1.54) is 6.92 Å². The highest BCUT2D eigenvalue weighted by molar-refractivity contribution is 6.33. The minimum atomic E-state index is -4.58. The van der Waals surface area contributed by atoms with Crippen LogP contribution in [0.1, 0.15) is 18.9 Å². The van der Waals surface area contributed by atoms with Crippen LogP contribution in [0.4, 0.5) is 23.7 Å². The van der Waals surface area contributed by atoms with Crippen LogP contribution in [0, 0.1) is 0 Å². The Kier molecular flexibility index (Phi) is 5.42. The third-order valence-corrected chi connectivity index (χ3v) is 2.88. The van der Waals surface area contributed by atoms with Gasteiger partial charge in [0.25, 0.3) is 0 Å². The molecular weight excluding hydrogens is 313 g/mol. The summed E-state index contributed by atoms with van der Waals surface area (Å²) in [4.78, 5) is 22.3. The Balaban J connectivity index is 2.87. The molecule has 1 aromatic rings. The van der Waals surface area contributed by atoms with Gasteiger partial charge in [-0.15, -0.1) is 0 Å². The summed E-state index contributed by atoms with van der Waals surface area (Å²) < 4.78 is 37.7. The number of hydrogen-bond acceptors (Lipinski definition) is 2. The summed E-state index contributed by atoms with van der Waals surface area (Å²) in [7, 11) is 0. The van der Waals surface area contributed by atoms with Gasteiger partial charge in [0.2, 0.25) is 0 Å². The number of benzene rings is 1. The number of halogens is 4. The number of amides is 2. The summed E-state index contributed by atoms with van der Waals surface area (Å²) >= 11 is 5.70. The molecule has 0 bridgehead atoms. The standard InChI is InChI=1S/C12H12ClF3N2O3/c1-2-8(10(19)20)17-11(21)18-9-5-6(12(14,15)16)3-4-7(9)13/h3-5,8H,2H2,1H3,(H,19,20)(H2,17,18,21). The highest BCUT2D eigenvalue weighted by Crippen LogP contribution is 2.33. The van der Waals surface area contributed by atoms with Crippen LogP contribution in [0.25, 0.3) is 0 Å². The SMILES string of the molecule is CCC(NC(=O)Nc1cc(C(F)(F)F)ccc1Cl)C(=O)O. The Hall–Kier alpha value is -1.96. The molecule has 0 aliphatic rings. The summed E-state index contributed by atoms with van der Waals surface area (Å²) in [6.45, 7) is 1.54. The average Bonchev–Trinajstić information content (AvgIpc) is 2.36. The molecule has 0 saturated heterocycles. The van der Waals surface area contributed by atoms with Gasteiger partial charge in [-0.2, -0.15) is 13.2 Å². The van der Waals surface area contributed by atoms with E-state index in [-0.39, 0.29) is 17.1 Å². The maximum atomic E-state index is 12.6. The zero-order valence-electron chi connectivity index (χ0n) is 10.8. The first-order valence-corrected chi connectivity index (χ1v) is 6.20. The number of urea groups is 1. The number of aliphatic carboxylic acids is 1. The second kappa shape index (κ2) is 6.66. The van der Waals surface area contributed by atoms with E-state index >= 15 is 0 Å². The minimum Gasteiger partial charge on any atom is -0.480 e. The lowest BCUT2D eigenvalue weighted by Gasteiger charge is -2.15. The van der Waals surface area contributed by atoms with Gasteiger partial charge in [0.05, 0.1) is 16.3 Å². The molecule has 21 heavy (non-hydrogen) atoms. The molecule has 0 saturated carbocycles. The number of carboxylic acids is 1. The van der Waals surface area contributed by atoms with Gasteiger partial charge < -0.3 is 15.7 Å². The molecule has 0 aromatic heterocycles. The van der Waals surface area contributed by atoms with E-state index in [1.54, 1.807) is 0 Å². The van der Waals surface area contributed by atoms with Crippen molar-refractivity contribution in [1.29, 1.82) is 0 Å². The Morgan fingerprint density at radius 2 is 2.00 bits per heavy atom. The number of rotatable bonds is 4. The fraction of sp³-hybridized carbons (Fsp3) is 0.333. The van der Waals surface area contributed by atoms with Gasteiger partial charge >= 0.3 is 18.2 Å². The van der Waals surface area contributed by atoms with E-state index < -0.39 is 29.8 Å². The number of hydrogen-bond donors (Lipinski definition) is 3. The first kappa shape index (κ1) is 17.1. The molecule has 1 unspecified atom stereocenters. The van der Waals surface area contributed by atoms with Crippen molar-refractivity contribution in [2.24, 2.45) is 0 Å². The molecule has 0 radical (unpaired) electrons. The topological polar surface area (TPSA) is 78.4 Å². The van der Waals surface area contributed by atoms with Crippen LogP contribution in [0.15, 0.2) is 18.2 Å². The molecule has 2 amide bonds. The third kappa shape index (κ3) is 4.82. The number of carbonyl (C=O) groups is 2. The maximum Gasteiger partial charge on any atom is 0.416 e. The minimum absolute atomic E-state index is 0.0958. The van der Waals surface area contributed by atoms with Crippen LogP contribution in [-0.4, -0.2) is 23.1 Å². The van der Waals surface area contributed by atoms with E-state index in [0.717, 1.165) is 12.1 Å². The molecule has 1 rings (SSSR count). The lowest BCUT2D eigenvalue weighted by molar-refractivity contribution is -0.139. The zero-order chi connectivity index (χ0) is 16.2. The van der Waals surface area contributed by atoms with Gasteiger partial charge in [0.15, 0.2) is 0 Å². The molecule has 3 N–H and O–H groups in total. The van der Waals surface area contributed by atoms with Crippen molar-refractivity contribution in [2.45, 2.75) is 25.6 Å². The zero-order valence-corrected chi connectivity index (χ0v) is 11.5. The Bertz CT molecular complexity index is 549. The van der Waals surface area contributed by atoms with E-state index in [2.05, 4.69) is 10.6 Å². The molecular formula is C12H12ClF3N2O3. The maximum absolute atomic E-state index is 12.6. The molecule has 0 spiro atoms. The smallest absolute Gasteiger partial charge is 0.416 e. The van der Waals surface area contributed by atoms with Crippen molar-refractivity contribution < 1.29 is 27.9 Å². The summed E-state index contributed by atoms with van der Waals surface area (Å²) in [6, 6.07) is 0.343. The fourth-order valence-electron chi connectivity index (χ4n) is 1.45. The van der Waals surface area contributed by atoms with Crippen LogP contribution in [0.3, 0.4) is 0 Å². The number of anilines is 1. The van der Waals surface area contributed by atoms with E-state index in [9.17, 15) is 22.8 Å². The van der Waals surface area contributed by atoms with Crippen LogP contribution < -0.4 is 10.6 Å². The second-order valence-electron chi connectivity index (χ2n) is 4.09. The number of alkyl halides is 3. The predicted molar refractivity (Wildman–Crippen MR) is 70.3 cm³/mol. The molecule has 9 heteroatoms. The molecule has 116 valence electrons. The van der Waals surface area contributed by atoms with Gasteiger partial charge in [-0.1, -0.05) is 18.5 Å². The Morgan fingerprint density at radius 3 is 2.48 bits per heavy atom. The first-order valence-electron chi connectivity index (χ1n) is 5.82. The monoisotopic (exact) mass is 324 g/mol. The normalized spacial score (nSPS) is 12.6. The molecule has 0 heterocycles. The molecule has 1 aromatic carbocycles. The van der Waals surface area contributed by atoms with Crippen LogP contribution in [0.5, 0.6) is 0 Å². The van der Waals surface area contributed by atoms with Crippen LogP contribution in [-0.2, 0) is 11.0 Å². The quantitative estimate of drug-likeness (QED) is 0.794. The Morgan fingerprint density at radius 1 is 1.38 bits per heavy atom. The second-order valence-corrected chi connectivity index (χ2v) is 4.50. The molecule has 0 aliphatic heterocycles. The summed E-state index contributed by atoms with van der Waals surface area (Å²) in [5.41, 5.74) is -1.24. The largest absolute Gasteiger partial charge is 0.480 e. The number of carboxylic acid groups (broad SMARTS) is 1. The summed E-state index contributed by atoms with van der Waals surface area (Å²) in [5.74, 6) is -1.25. The first-order chi connectivity index (χ1) is 9.65. The molecule has 1 atom stereocenters. The van der Waals surface area contributed by atoms with Gasteiger partial charge in [0.1, 0.15) is 6.04 Å². The summed E-state index contributed by atoms with van der Waals surface area (Å²) in [5, 5.41) is 12.9. The molecule has 0 aliphatic carbocycles. The van der Waals surface area contributed by atoms with Gasteiger partial charge in [0, 0.05) is 0 Å². The van der Waals surface area contributed by atoms with Crippen molar-refractivity contribution in [3.8, 4) is 0 Å². The lowest BCUT2D eigenvalue weighted by atomic mass is 10.2. The highest BCUT2D eigenvalue weighted by atomic mass is 35.5. The number of nitrogens with one attached hydrogen (secondary N) is 2. The van der Waals surface area contributed by atoms with Gasteiger partial charge in [-0.25, -0.2) is 9.59 Å². The van der Waals surface area contributed by atoms with Crippen molar-refractivity contribution in [1.82, 2.24) is 5.32 Å². The fourth-order valence-corrected chi connectivity index (χ4v) is 1.62. The van der Waals surface area contributed by atoms with Gasteiger partial charge in [-0.05, 0) is 24.6 Å². The van der Waals surface area contributed by atoms with E-state index in [0.29, 0.717) is 6.07 Å². The van der Waals surface area contributed by atoms with Crippen LogP contribution >= 0.6 is 11.6 Å². The van der Waals surface area contributed by atoms with E-state index in [1.807, 2.05) is 0 Å². The van der Waals surface area contributed by atoms with Crippen molar-refractivity contribution in [3.05, 3.63) is 28.8 Å². The van der Waals surface area contributed by atoms with Crippen molar-refractivity contribution >= 4 is 29.3 Å². The lowest BCUT2D eigenvalue weighted by Crippen LogP contribution is -2.42. The van der Waals surface area contributed by atoms with Crippen LogP contribution in [0.2, 0.25) is 5.02 Å².